The summed E-state index contributed by atoms with van der Waals surface area (Å²) in [6.07, 6.45) is 3.57. The number of ether oxygens (including phenoxy) is 1. The van der Waals surface area contributed by atoms with Gasteiger partial charge in [0.15, 0.2) is 5.82 Å². The number of anilines is 1. The minimum Gasteiger partial charge on any atom is -0.373 e. The first-order valence-electron chi connectivity index (χ1n) is 6.81. The number of nitrogens with one attached hydrogen (secondary N) is 2. The van der Waals surface area contributed by atoms with Crippen LogP contribution in [0.5, 0.6) is 0 Å². The molecule has 2 aliphatic rings. The largest absolute Gasteiger partial charge is 0.373 e. The minimum absolute atomic E-state index is 0.121. The van der Waals surface area contributed by atoms with Gasteiger partial charge in [0.2, 0.25) is 0 Å². The molecule has 19 heavy (non-hydrogen) atoms. The Bertz CT molecular complexity index is 471. The Morgan fingerprint density at radius 2 is 2.32 bits per heavy atom. The standard InChI is InChI=1S/C13H19N3O3/c1-7(2)11-6-12(16-19-11)15-13(17)14-9-5-8-3-4-10(9)18-8/h6-10H,3-5H2,1-2H3,(H2,14,15,16,17). The van der Waals surface area contributed by atoms with Gasteiger partial charge in [0.05, 0.1) is 18.2 Å². The van der Waals surface area contributed by atoms with Gasteiger partial charge in [-0.15, -0.1) is 0 Å². The highest BCUT2D eigenvalue weighted by Crippen LogP contribution is 2.34. The van der Waals surface area contributed by atoms with E-state index in [1.54, 1.807) is 6.07 Å². The molecule has 2 bridgehead atoms. The topological polar surface area (TPSA) is 76.4 Å². The summed E-state index contributed by atoms with van der Waals surface area (Å²) in [4.78, 5) is 11.9. The zero-order valence-electron chi connectivity index (χ0n) is 11.2. The van der Waals surface area contributed by atoms with Crippen LogP contribution < -0.4 is 10.6 Å². The molecule has 6 nitrogen and oxygen atoms in total. The first-order chi connectivity index (χ1) is 9.11. The van der Waals surface area contributed by atoms with E-state index >= 15 is 0 Å². The van der Waals surface area contributed by atoms with Crippen LogP contribution in [0, 0.1) is 0 Å². The number of nitrogens with zero attached hydrogens (tertiary/aromatic N) is 1. The summed E-state index contributed by atoms with van der Waals surface area (Å²) in [6, 6.07) is 1.63. The van der Waals surface area contributed by atoms with Crippen molar-refractivity contribution in [2.45, 2.75) is 57.3 Å². The molecule has 3 rings (SSSR count). The van der Waals surface area contributed by atoms with Crippen LogP contribution in [-0.2, 0) is 4.74 Å². The summed E-state index contributed by atoms with van der Waals surface area (Å²) in [7, 11) is 0. The molecule has 2 amide bonds. The van der Waals surface area contributed by atoms with E-state index in [2.05, 4.69) is 15.8 Å². The Morgan fingerprint density at radius 1 is 1.47 bits per heavy atom. The molecule has 0 aliphatic carbocycles. The van der Waals surface area contributed by atoms with Crippen LogP contribution in [0.1, 0.15) is 44.8 Å². The molecule has 0 saturated carbocycles. The Labute approximate surface area is 111 Å². The fourth-order valence-corrected chi connectivity index (χ4v) is 2.73. The fraction of sp³-hybridized carbons (Fsp3) is 0.692. The summed E-state index contributed by atoms with van der Waals surface area (Å²) >= 11 is 0. The van der Waals surface area contributed by atoms with E-state index in [-0.39, 0.29) is 24.1 Å². The predicted molar refractivity (Wildman–Crippen MR) is 69.0 cm³/mol. The molecule has 1 aromatic rings. The molecule has 2 aliphatic heterocycles. The molecule has 3 unspecified atom stereocenters. The summed E-state index contributed by atoms with van der Waals surface area (Å²) in [5.74, 6) is 1.47. The van der Waals surface area contributed by atoms with E-state index in [1.165, 1.54) is 0 Å². The average molecular weight is 265 g/mol. The molecule has 2 N–H and O–H groups in total. The van der Waals surface area contributed by atoms with Crippen LogP contribution in [0.4, 0.5) is 10.6 Å². The van der Waals surface area contributed by atoms with Crippen molar-refractivity contribution in [1.29, 1.82) is 0 Å². The Kier molecular flexibility index (Phi) is 3.18. The second kappa shape index (κ2) is 4.85. The lowest BCUT2D eigenvalue weighted by Crippen LogP contribution is -2.43. The van der Waals surface area contributed by atoms with Crippen molar-refractivity contribution in [3.05, 3.63) is 11.8 Å². The molecule has 1 aromatic heterocycles. The maximum atomic E-state index is 11.9. The van der Waals surface area contributed by atoms with E-state index in [1.807, 2.05) is 13.8 Å². The second-order valence-electron chi connectivity index (χ2n) is 5.58. The first-order valence-corrected chi connectivity index (χ1v) is 6.81. The van der Waals surface area contributed by atoms with Crippen LogP contribution >= 0.6 is 0 Å². The third-order valence-electron chi connectivity index (χ3n) is 3.76. The van der Waals surface area contributed by atoms with Crippen molar-refractivity contribution < 1.29 is 14.1 Å². The SMILES string of the molecule is CC(C)c1cc(NC(=O)NC2CC3CCC2O3)no1. The fourth-order valence-electron chi connectivity index (χ4n) is 2.73. The lowest BCUT2D eigenvalue weighted by Gasteiger charge is -2.19. The maximum Gasteiger partial charge on any atom is 0.320 e. The lowest BCUT2D eigenvalue weighted by molar-refractivity contribution is 0.0984. The number of rotatable bonds is 3. The highest BCUT2D eigenvalue weighted by molar-refractivity contribution is 5.88. The third-order valence-corrected chi connectivity index (χ3v) is 3.76. The summed E-state index contributed by atoms with van der Waals surface area (Å²) < 4.78 is 10.8. The Balaban J connectivity index is 1.53. The second-order valence-corrected chi connectivity index (χ2v) is 5.58. The number of urea groups is 1. The minimum atomic E-state index is -0.246. The van der Waals surface area contributed by atoms with Crippen molar-refractivity contribution in [3.8, 4) is 0 Å². The number of hydrogen-bond acceptors (Lipinski definition) is 4. The van der Waals surface area contributed by atoms with Crippen molar-refractivity contribution in [2.24, 2.45) is 0 Å². The van der Waals surface area contributed by atoms with Crippen molar-refractivity contribution >= 4 is 11.8 Å². The molecule has 104 valence electrons. The van der Waals surface area contributed by atoms with E-state index in [0.29, 0.717) is 11.9 Å². The van der Waals surface area contributed by atoms with E-state index in [4.69, 9.17) is 9.26 Å². The molecular formula is C13H19N3O3. The van der Waals surface area contributed by atoms with Gasteiger partial charge in [-0.3, -0.25) is 5.32 Å². The number of carbonyl (C=O) groups excluding carboxylic acids is 1. The summed E-state index contributed by atoms with van der Waals surface area (Å²) in [6.45, 7) is 4.02. The highest BCUT2D eigenvalue weighted by Gasteiger charge is 2.41. The van der Waals surface area contributed by atoms with Gasteiger partial charge in [-0.25, -0.2) is 4.79 Å². The molecular weight excluding hydrogens is 246 g/mol. The van der Waals surface area contributed by atoms with Gasteiger partial charge in [-0.1, -0.05) is 19.0 Å². The van der Waals surface area contributed by atoms with Crippen LogP contribution in [0.2, 0.25) is 0 Å². The highest BCUT2D eigenvalue weighted by atomic mass is 16.5. The smallest absolute Gasteiger partial charge is 0.320 e. The summed E-state index contributed by atoms with van der Waals surface area (Å²) in [5, 5.41) is 9.46. The van der Waals surface area contributed by atoms with Crippen LogP contribution in [-0.4, -0.2) is 29.4 Å². The number of fused-ring (bicyclic) bond motifs is 2. The van der Waals surface area contributed by atoms with Gasteiger partial charge in [0.25, 0.3) is 0 Å². The van der Waals surface area contributed by atoms with Crippen molar-refractivity contribution in [2.75, 3.05) is 5.32 Å². The molecule has 0 aromatic carbocycles. The van der Waals surface area contributed by atoms with Gasteiger partial charge in [0, 0.05) is 12.0 Å². The maximum absolute atomic E-state index is 11.9. The van der Waals surface area contributed by atoms with E-state index in [9.17, 15) is 4.79 Å². The molecule has 0 spiro atoms. The van der Waals surface area contributed by atoms with Crippen LogP contribution in [0.3, 0.4) is 0 Å². The predicted octanol–water partition coefficient (Wildman–Crippen LogP) is 2.24. The van der Waals surface area contributed by atoms with E-state index < -0.39 is 0 Å². The number of aromatic nitrogens is 1. The van der Waals surface area contributed by atoms with Crippen molar-refractivity contribution in [1.82, 2.24) is 10.5 Å². The number of hydrogen-bond donors (Lipinski definition) is 2. The van der Waals surface area contributed by atoms with Gasteiger partial charge >= 0.3 is 6.03 Å². The lowest BCUT2D eigenvalue weighted by atomic mass is 9.96. The molecule has 3 atom stereocenters. The zero-order valence-corrected chi connectivity index (χ0v) is 11.2. The quantitative estimate of drug-likeness (QED) is 0.878. The van der Waals surface area contributed by atoms with Crippen molar-refractivity contribution in [3.63, 3.8) is 0 Å². The van der Waals surface area contributed by atoms with Gasteiger partial charge in [-0.2, -0.15) is 0 Å². The Morgan fingerprint density at radius 3 is 2.89 bits per heavy atom. The number of carbonyl (C=O) groups is 1. The van der Waals surface area contributed by atoms with Crippen LogP contribution in [0.25, 0.3) is 0 Å². The monoisotopic (exact) mass is 265 g/mol. The number of amides is 2. The normalized spacial score (nSPS) is 28.9. The molecule has 0 radical (unpaired) electrons. The van der Waals surface area contributed by atoms with Gasteiger partial charge in [-0.05, 0) is 19.3 Å². The van der Waals surface area contributed by atoms with Gasteiger partial charge < -0.3 is 14.6 Å². The molecule has 6 heteroatoms. The van der Waals surface area contributed by atoms with E-state index in [0.717, 1.165) is 25.0 Å². The summed E-state index contributed by atoms with van der Waals surface area (Å²) in [5.41, 5.74) is 0. The van der Waals surface area contributed by atoms with Crippen LogP contribution in [0.15, 0.2) is 10.6 Å². The first kappa shape index (κ1) is 12.5. The Hall–Kier alpha value is -1.56. The zero-order chi connectivity index (χ0) is 13.4. The molecule has 2 fully saturated rings. The van der Waals surface area contributed by atoms with Gasteiger partial charge in [0.1, 0.15) is 5.76 Å². The average Bonchev–Trinajstić information content (AvgIpc) is 3.03. The molecule has 3 heterocycles. The third kappa shape index (κ3) is 2.58. The molecule has 2 saturated heterocycles.